The van der Waals surface area contributed by atoms with Gasteiger partial charge in [-0.05, 0) is 29.8 Å². The van der Waals surface area contributed by atoms with Gasteiger partial charge in [0.05, 0.1) is 18.6 Å². The van der Waals surface area contributed by atoms with Gasteiger partial charge in [-0.2, -0.15) is 13.2 Å². The van der Waals surface area contributed by atoms with Gasteiger partial charge in [0, 0.05) is 6.42 Å². The van der Waals surface area contributed by atoms with Gasteiger partial charge < -0.3 is 10.1 Å². The number of rotatable bonds is 5. The molecule has 2 aromatic rings. The number of carbonyl (C=O) groups excluding carboxylic acids is 2. The number of benzene rings is 1. The lowest BCUT2D eigenvalue weighted by molar-refractivity contribution is -0.143. The van der Waals surface area contributed by atoms with E-state index in [0.717, 1.165) is 31.4 Å². The number of hydrogen-bond acceptors (Lipinski definition) is 5. The van der Waals surface area contributed by atoms with E-state index < -0.39 is 29.5 Å². The van der Waals surface area contributed by atoms with Gasteiger partial charge in [-0.25, -0.2) is 0 Å². The van der Waals surface area contributed by atoms with Crippen LogP contribution in [0.2, 0.25) is 5.15 Å². The van der Waals surface area contributed by atoms with Gasteiger partial charge in [-0.1, -0.05) is 23.7 Å². The van der Waals surface area contributed by atoms with E-state index in [0.29, 0.717) is 0 Å². The topological polar surface area (TPSA) is 81.2 Å². The highest BCUT2D eigenvalue weighted by molar-refractivity contribution is 6.29. The SMILES string of the molecule is COC(=O)C(CC(=O)Nc1ccc(Cl)nn1)c1ccc(C(F)(F)F)cc1. The fraction of sp³-hybridized carbons (Fsp3) is 0.250. The summed E-state index contributed by atoms with van der Waals surface area (Å²) in [5, 5.41) is 9.77. The molecule has 1 aromatic carbocycles. The van der Waals surface area contributed by atoms with Crippen LogP contribution in [0.4, 0.5) is 19.0 Å². The van der Waals surface area contributed by atoms with Gasteiger partial charge in [0.1, 0.15) is 0 Å². The maximum absolute atomic E-state index is 12.6. The molecule has 0 bridgehead atoms. The summed E-state index contributed by atoms with van der Waals surface area (Å²) in [6, 6.07) is 6.79. The second-order valence-corrected chi connectivity index (χ2v) is 5.58. The monoisotopic (exact) mass is 387 g/mol. The first-order valence-corrected chi connectivity index (χ1v) is 7.62. The van der Waals surface area contributed by atoms with Crippen LogP contribution in [-0.2, 0) is 20.5 Å². The maximum Gasteiger partial charge on any atom is 0.416 e. The molecule has 0 aliphatic carbocycles. The Kier molecular flexibility index (Phi) is 6.14. The number of esters is 1. The lowest BCUT2D eigenvalue weighted by atomic mass is 9.94. The Hall–Kier alpha value is -2.68. The molecule has 10 heteroatoms. The van der Waals surface area contributed by atoms with Crippen LogP contribution in [-0.4, -0.2) is 29.2 Å². The Morgan fingerprint density at radius 2 is 1.81 bits per heavy atom. The number of hydrogen-bond donors (Lipinski definition) is 1. The second-order valence-electron chi connectivity index (χ2n) is 5.19. The third-order valence-corrected chi connectivity index (χ3v) is 3.62. The van der Waals surface area contributed by atoms with Crippen LogP contribution in [0.1, 0.15) is 23.5 Å². The lowest BCUT2D eigenvalue weighted by Crippen LogP contribution is -2.22. The maximum atomic E-state index is 12.6. The van der Waals surface area contributed by atoms with E-state index in [2.05, 4.69) is 20.3 Å². The number of amides is 1. The van der Waals surface area contributed by atoms with E-state index in [1.54, 1.807) is 0 Å². The molecule has 1 heterocycles. The molecule has 0 saturated heterocycles. The van der Waals surface area contributed by atoms with Crippen LogP contribution in [0, 0.1) is 0 Å². The average Bonchev–Trinajstić information content (AvgIpc) is 2.60. The van der Waals surface area contributed by atoms with Crippen LogP contribution >= 0.6 is 11.6 Å². The van der Waals surface area contributed by atoms with Gasteiger partial charge >= 0.3 is 12.1 Å². The Bertz CT molecular complexity index is 780. The lowest BCUT2D eigenvalue weighted by Gasteiger charge is -2.16. The molecule has 138 valence electrons. The minimum Gasteiger partial charge on any atom is -0.469 e. The van der Waals surface area contributed by atoms with Crippen molar-refractivity contribution in [2.45, 2.75) is 18.5 Å². The molecule has 1 atom stereocenters. The zero-order chi connectivity index (χ0) is 19.3. The molecule has 2 rings (SSSR count). The Labute approximate surface area is 151 Å². The first-order chi connectivity index (χ1) is 12.2. The van der Waals surface area contributed by atoms with E-state index in [4.69, 9.17) is 11.6 Å². The van der Waals surface area contributed by atoms with Crippen molar-refractivity contribution in [2.75, 3.05) is 12.4 Å². The van der Waals surface area contributed by atoms with Crippen molar-refractivity contribution in [2.24, 2.45) is 0 Å². The van der Waals surface area contributed by atoms with Gasteiger partial charge in [0.2, 0.25) is 5.91 Å². The van der Waals surface area contributed by atoms with Crippen molar-refractivity contribution in [1.82, 2.24) is 10.2 Å². The molecular formula is C16H13ClF3N3O3. The average molecular weight is 388 g/mol. The van der Waals surface area contributed by atoms with Gasteiger partial charge in [-0.3, -0.25) is 9.59 Å². The predicted molar refractivity (Wildman–Crippen MR) is 86.5 cm³/mol. The molecule has 26 heavy (non-hydrogen) atoms. The van der Waals surface area contributed by atoms with E-state index in [9.17, 15) is 22.8 Å². The van der Waals surface area contributed by atoms with Crippen LogP contribution in [0.3, 0.4) is 0 Å². The largest absolute Gasteiger partial charge is 0.469 e. The zero-order valence-electron chi connectivity index (χ0n) is 13.4. The molecule has 0 saturated carbocycles. The van der Waals surface area contributed by atoms with Crippen molar-refractivity contribution in [3.05, 3.63) is 52.7 Å². The first-order valence-electron chi connectivity index (χ1n) is 7.24. The van der Waals surface area contributed by atoms with E-state index in [1.165, 1.54) is 12.1 Å². The summed E-state index contributed by atoms with van der Waals surface area (Å²) in [6.45, 7) is 0. The Balaban J connectivity index is 2.15. The number of ether oxygens (including phenoxy) is 1. The van der Waals surface area contributed by atoms with Crippen molar-refractivity contribution >= 4 is 29.3 Å². The molecule has 1 unspecified atom stereocenters. The molecule has 1 amide bonds. The standard InChI is InChI=1S/C16H13ClF3N3O3/c1-26-15(25)11(9-2-4-10(5-3-9)16(18,19)20)8-14(24)21-13-7-6-12(17)22-23-13/h2-7,11H,8H2,1H3,(H,21,23,24). The highest BCUT2D eigenvalue weighted by atomic mass is 35.5. The van der Waals surface area contributed by atoms with Gasteiger partial charge in [0.15, 0.2) is 11.0 Å². The molecular weight excluding hydrogens is 375 g/mol. The minimum atomic E-state index is -4.50. The Morgan fingerprint density at radius 3 is 2.31 bits per heavy atom. The summed E-state index contributed by atoms with van der Waals surface area (Å²) >= 11 is 5.59. The summed E-state index contributed by atoms with van der Waals surface area (Å²) in [6.07, 6.45) is -4.84. The number of methoxy groups -OCH3 is 1. The number of carbonyl (C=O) groups is 2. The third kappa shape index (κ3) is 5.16. The van der Waals surface area contributed by atoms with Crippen LogP contribution in [0.15, 0.2) is 36.4 Å². The quantitative estimate of drug-likeness (QED) is 0.795. The number of aromatic nitrogens is 2. The first kappa shape index (κ1) is 19.6. The van der Waals surface area contributed by atoms with Gasteiger partial charge in [0.25, 0.3) is 0 Å². The fourth-order valence-electron chi connectivity index (χ4n) is 2.15. The number of alkyl halides is 3. The molecule has 1 N–H and O–H groups in total. The zero-order valence-corrected chi connectivity index (χ0v) is 14.1. The molecule has 0 aliphatic rings. The van der Waals surface area contributed by atoms with Crippen LogP contribution in [0.5, 0.6) is 0 Å². The molecule has 0 fully saturated rings. The molecule has 0 radical (unpaired) electrons. The number of halogens is 4. The number of nitrogens with zero attached hydrogens (tertiary/aromatic N) is 2. The van der Waals surface area contributed by atoms with Crippen molar-refractivity contribution in [1.29, 1.82) is 0 Å². The summed E-state index contributed by atoms with van der Waals surface area (Å²) in [7, 11) is 1.13. The molecule has 0 spiro atoms. The highest BCUT2D eigenvalue weighted by Crippen LogP contribution is 2.31. The normalized spacial score (nSPS) is 12.3. The van der Waals surface area contributed by atoms with Crippen LogP contribution in [0.25, 0.3) is 0 Å². The number of anilines is 1. The summed E-state index contributed by atoms with van der Waals surface area (Å²) in [5.74, 6) is -2.28. The highest BCUT2D eigenvalue weighted by Gasteiger charge is 2.31. The molecule has 6 nitrogen and oxygen atoms in total. The predicted octanol–water partition coefficient (Wildman–Crippen LogP) is 3.43. The van der Waals surface area contributed by atoms with E-state index in [1.807, 2.05) is 0 Å². The van der Waals surface area contributed by atoms with Crippen molar-refractivity contribution in [3.63, 3.8) is 0 Å². The minimum absolute atomic E-state index is 0.121. The van der Waals surface area contributed by atoms with Crippen molar-refractivity contribution < 1.29 is 27.5 Å². The summed E-state index contributed by atoms with van der Waals surface area (Å²) in [4.78, 5) is 24.1. The van der Waals surface area contributed by atoms with E-state index >= 15 is 0 Å². The fourth-order valence-corrected chi connectivity index (χ4v) is 2.25. The Morgan fingerprint density at radius 1 is 1.15 bits per heavy atom. The summed E-state index contributed by atoms with van der Waals surface area (Å²) < 4.78 is 42.6. The molecule has 1 aromatic heterocycles. The number of nitrogens with one attached hydrogen (secondary N) is 1. The van der Waals surface area contributed by atoms with E-state index in [-0.39, 0.29) is 23.0 Å². The summed E-state index contributed by atoms with van der Waals surface area (Å²) in [5.41, 5.74) is -0.632. The van der Waals surface area contributed by atoms with Crippen molar-refractivity contribution in [3.8, 4) is 0 Å². The molecule has 0 aliphatic heterocycles. The second kappa shape index (κ2) is 8.13. The van der Waals surface area contributed by atoms with Gasteiger partial charge in [-0.15, -0.1) is 10.2 Å². The third-order valence-electron chi connectivity index (χ3n) is 3.42. The van der Waals surface area contributed by atoms with Crippen LogP contribution < -0.4 is 5.32 Å². The smallest absolute Gasteiger partial charge is 0.416 e.